The first-order chi connectivity index (χ1) is 18.8. The van der Waals surface area contributed by atoms with Crippen molar-refractivity contribution < 1.29 is 30.0 Å². The fourth-order valence-corrected chi connectivity index (χ4v) is 4.13. The van der Waals surface area contributed by atoms with Gasteiger partial charge >= 0.3 is 0 Å². The molecule has 4 aromatic rings. The number of nitrogens with zero attached hydrogens (tertiary/aromatic N) is 1. The largest absolute Gasteiger partial charge is 0.507 e. The van der Waals surface area contributed by atoms with Crippen molar-refractivity contribution in [3.8, 4) is 34.0 Å². The number of carbonyl (C=O) groups excluding carboxylic acids is 2. The van der Waals surface area contributed by atoms with Crippen LogP contribution in [0.25, 0.3) is 33.5 Å². The Hall–Kier alpha value is -4.94. The topological polar surface area (TPSA) is 232 Å². The summed E-state index contributed by atoms with van der Waals surface area (Å²) >= 11 is 0. The second-order valence-electron chi connectivity index (χ2n) is 9.91. The van der Waals surface area contributed by atoms with Gasteiger partial charge in [-0.15, -0.1) is 0 Å². The van der Waals surface area contributed by atoms with E-state index in [1.165, 1.54) is 6.07 Å². The molecule has 2 amide bonds. The number of primary amides is 1. The number of rotatable bonds is 9. The summed E-state index contributed by atoms with van der Waals surface area (Å²) in [5.74, 6) is -1.68. The summed E-state index contributed by atoms with van der Waals surface area (Å²) in [6, 6.07) is 12.6. The van der Waals surface area contributed by atoms with Gasteiger partial charge < -0.3 is 42.2 Å². The second kappa shape index (κ2) is 10.7. The Kier molecular flexibility index (Phi) is 7.49. The Morgan fingerprint density at radius 3 is 2.40 bits per heavy atom. The van der Waals surface area contributed by atoms with Gasteiger partial charge in [0.2, 0.25) is 5.91 Å². The maximum absolute atomic E-state index is 12.4. The van der Waals surface area contributed by atoms with Crippen molar-refractivity contribution in [2.75, 3.05) is 6.61 Å². The lowest BCUT2D eigenvalue weighted by Gasteiger charge is -2.24. The molecule has 12 heteroatoms. The number of benzene rings is 3. The number of aliphatic hydroxyl groups is 2. The highest BCUT2D eigenvalue weighted by atomic mass is 16.3. The summed E-state index contributed by atoms with van der Waals surface area (Å²) < 4.78 is 0. The first-order valence-electron chi connectivity index (χ1n) is 12.2. The molecule has 11 N–H and O–H groups in total. The molecule has 3 aromatic carbocycles. The number of nitrogens with one attached hydrogen (secondary N) is 3. The lowest BCUT2D eigenvalue weighted by Crippen LogP contribution is -2.36. The van der Waals surface area contributed by atoms with E-state index >= 15 is 0 Å². The van der Waals surface area contributed by atoms with E-state index in [0.29, 0.717) is 27.7 Å². The van der Waals surface area contributed by atoms with Gasteiger partial charge in [0.1, 0.15) is 23.2 Å². The number of fused-ring (bicyclic) bond motifs is 1. The molecule has 1 atom stereocenters. The van der Waals surface area contributed by atoms with Gasteiger partial charge in [-0.3, -0.25) is 15.0 Å². The molecule has 0 bridgehead atoms. The minimum Gasteiger partial charge on any atom is -0.507 e. The van der Waals surface area contributed by atoms with Gasteiger partial charge in [-0.25, -0.2) is 4.98 Å². The summed E-state index contributed by atoms with van der Waals surface area (Å²) in [4.78, 5) is 31.9. The Morgan fingerprint density at radius 1 is 1.05 bits per heavy atom. The van der Waals surface area contributed by atoms with Crippen LogP contribution in [0.15, 0.2) is 48.5 Å². The molecule has 0 aliphatic carbocycles. The molecule has 1 heterocycles. The maximum Gasteiger partial charge on any atom is 0.251 e. The molecule has 40 heavy (non-hydrogen) atoms. The van der Waals surface area contributed by atoms with Crippen LogP contribution in [0, 0.1) is 5.41 Å². The number of aromatic amines is 1. The minimum atomic E-state index is -1.58. The second-order valence-corrected chi connectivity index (χ2v) is 9.91. The van der Waals surface area contributed by atoms with E-state index in [4.69, 9.17) is 22.0 Å². The summed E-state index contributed by atoms with van der Waals surface area (Å²) in [6.45, 7) is 2.49. The number of hydrogen-bond acceptors (Lipinski definition) is 8. The van der Waals surface area contributed by atoms with Crippen LogP contribution >= 0.6 is 0 Å². The molecule has 0 radical (unpaired) electrons. The number of phenols is 2. The average Bonchev–Trinajstić information content (AvgIpc) is 3.35. The summed E-state index contributed by atoms with van der Waals surface area (Å²) in [7, 11) is 0. The first-order valence-corrected chi connectivity index (χ1v) is 12.2. The van der Waals surface area contributed by atoms with Crippen molar-refractivity contribution in [1.82, 2.24) is 15.3 Å². The fraction of sp³-hybridized carbons (Fsp3) is 0.214. The monoisotopic (exact) mass is 546 g/mol. The molecule has 0 saturated carbocycles. The molecule has 4 rings (SSSR count). The van der Waals surface area contributed by atoms with Crippen LogP contribution in [-0.4, -0.2) is 60.8 Å². The quantitative estimate of drug-likeness (QED) is 0.109. The Labute approximate surface area is 228 Å². The summed E-state index contributed by atoms with van der Waals surface area (Å²) in [5.41, 5.74) is 13.3. The smallest absolute Gasteiger partial charge is 0.251 e. The van der Waals surface area contributed by atoms with E-state index in [1.54, 1.807) is 56.3 Å². The number of nitrogen functional groups attached to an aromatic ring is 1. The maximum atomic E-state index is 12.4. The number of nitrogens with two attached hydrogens (primary N) is 2. The number of aliphatic hydroxyl groups excluding tert-OH is 2. The van der Waals surface area contributed by atoms with Crippen LogP contribution in [0.2, 0.25) is 0 Å². The number of H-pyrrole nitrogens is 1. The Balaban J connectivity index is 1.88. The number of aromatic hydroxyl groups is 2. The molecule has 0 fully saturated rings. The summed E-state index contributed by atoms with van der Waals surface area (Å²) in [5, 5.41) is 50.9. The normalized spacial score (nSPS) is 12.3. The van der Waals surface area contributed by atoms with Crippen LogP contribution in [0.3, 0.4) is 0 Å². The van der Waals surface area contributed by atoms with E-state index < -0.39 is 29.9 Å². The van der Waals surface area contributed by atoms with Crippen LogP contribution in [0.4, 0.5) is 0 Å². The van der Waals surface area contributed by atoms with E-state index in [9.17, 15) is 24.9 Å². The van der Waals surface area contributed by atoms with Gasteiger partial charge in [0.25, 0.3) is 5.91 Å². The van der Waals surface area contributed by atoms with E-state index in [-0.39, 0.29) is 46.4 Å². The lowest BCUT2D eigenvalue weighted by molar-refractivity contribution is -0.131. The molecule has 0 unspecified atom stereocenters. The lowest BCUT2D eigenvalue weighted by atomic mass is 9.81. The molecular weight excluding hydrogens is 516 g/mol. The zero-order chi connectivity index (χ0) is 29.4. The van der Waals surface area contributed by atoms with Gasteiger partial charge in [-0.2, -0.15) is 0 Å². The molecule has 12 nitrogen and oxygen atoms in total. The standard InChI is InChI=1S/C28H30N6O6/c1-28(2,27(31)40)15-9-17(16-7-13(3-6-21(16)36)11-32-26(39)22(37)12-35)23(38)18(10-15)25-33-19-5-4-14(24(29)30)8-20(19)34-25/h3-10,22,35-38H,11-12H2,1-2H3,(H3,29,30)(H2,31,40)(H,32,39)(H,33,34)/t22-/m1/s1. The van der Waals surface area contributed by atoms with E-state index in [1.807, 2.05) is 0 Å². The number of amides is 2. The van der Waals surface area contributed by atoms with Gasteiger partial charge in [0.15, 0.2) is 6.10 Å². The van der Waals surface area contributed by atoms with E-state index in [2.05, 4.69) is 15.3 Å². The van der Waals surface area contributed by atoms with Gasteiger partial charge in [-0.1, -0.05) is 6.07 Å². The third-order valence-electron chi connectivity index (χ3n) is 6.79. The highest BCUT2D eigenvalue weighted by Crippen LogP contribution is 2.44. The molecule has 208 valence electrons. The molecule has 0 aliphatic rings. The van der Waals surface area contributed by atoms with Crippen LogP contribution < -0.4 is 16.8 Å². The highest BCUT2D eigenvalue weighted by molar-refractivity contribution is 5.98. The third-order valence-corrected chi connectivity index (χ3v) is 6.79. The van der Waals surface area contributed by atoms with Crippen molar-refractivity contribution in [3.05, 3.63) is 65.2 Å². The van der Waals surface area contributed by atoms with Crippen LogP contribution in [-0.2, 0) is 21.5 Å². The zero-order valence-corrected chi connectivity index (χ0v) is 21.8. The zero-order valence-electron chi connectivity index (χ0n) is 21.8. The number of hydrogen-bond donors (Lipinski definition) is 9. The van der Waals surface area contributed by atoms with E-state index in [0.717, 1.165) is 0 Å². The molecular formula is C28H30N6O6. The molecule has 0 aliphatic heterocycles. The first kappa shape index (κ1) is 28.1. The van der Waals surface area contributed by atoms with Crippen molar-refractivity contribution in [3.63, 3.8) is 0 Å². The fourth-order valence-electron chi connectivity index (χ4n) is 4.13. The van der Waals surface area contributed by atoms with Gasteiger partial charge in [0, 0.05) is 23.2 Å². The van der Waals surface area contributed by atoms with Crippen molar-refractivity contribution in [1.29, 1.82) is 5.41 Å². The van der Waals surface area contributed by atoms with Crippen molar-refractivity contribution >= 4 is 28.7 Å². The van der Waals surface area contributed by atoms with Gasteiger partial charge in [0.05, 0.1) is 28.6 Å². The number of carbonyl (C=O) groups is 2. The Bertz CT molecular complexity index is 1640. The molecule has 0 spiro atoms. The minimum absolute atomic E-state index is 0.0364. The molecule has 0 saturated heterocycles. The summed E-state index contributed by atoms with van der Waals surface area (Å²) in [6.07, 6.45) is -1.58. The van der Waals surface area contributed by atoms with Crippen LogP contribution in [0.5, 0.6) is 11.5 Å². The number of aromatic nitrogens is 2. The third kappa shape index (κ3) is 5.30. The van der Waals surface area contributed by atoms with Gasteiger partial charge in [-0.05, 0) is 67.4 Å². The van der Waals surface area contributed by atoms with Crippen LogP contribution in [0.1, 0.15) is 30.5 Å². The van der Waals surface area contributed by atoms with Crippen molar-refractivity contribution in [2.45, 2.75) is 31.9 Å². The predicted octanol–water partition coefficient (Wildman–Crippen LogP) is 1.32. The predicted molar refractivity (Wildman–Crippen MR) is 148 cm³/mol. The average molecular weight is 547 g/mol. The molecule has 1 aromatic heterocycles. The number of imidazole rings is 1. The SMILES string of the molecule is CC(C)(C(N)=O)c1cc(-c2nc3ccc(C(=N)N)cc3[nH]2)c(O)c(-c2cc(CNC(=O)[C@H](O)CO)ccc2O)c1. The highest BCUT2D eigenvalue weighted by Gasteiger charge is 2.30. The number of phenolic OH excluding ortho intramolecular Hbond substituents is 2. The number of amidine groups is 1. The van der Waals surface area contributed by atoms with Crippen molar-refractivity contribution in [2.24, 2.45) is 11.5 Å². The Morgan fingerprint density at radius 2 is 1.75 bits per heavy atom.